The molecule has 1 fully saturated rings. The van der Waals surface area contributed by atoms with Crippen LogP contribution in [-0.4, -0.2) is 89.2 Å². The molecule has 1 saturated heterocycles. The predicted molar refractivity (Wildman–Crippen MR) is 284 cm³/mol. The average Bonchev–Trinajstić information content (AvgIpc) is 3.35. The van der Waals surface area contributed by atoms with E-state index in [-0.39, 0.29) is 25.9 Å². The molecule has 0 aromatic carbocycles. The Hall–Kier alpha value is -4.62. The molecule has 1 aliphatic heterocycles. The first-order chi connectivity index (χ1) is 34.6. The van der Waals surface area contributed by atoms with Crippen LogP contribution in [0.15, 0.2) is 109 Å². The zero-order valence-electron chi connectivity index (χ0n) is 43.7. The highest BCUT2D eigenvalue weighted by atomic mass is 16.7. The van der Waals surface area contributed by atoms with E-state index in [0.29, 0.717) is 25.7 Å². The number of esters is 3. The van der Waals surface area contributed by atoms with Crippen LogP contribution in [-0.2, 0) is 42.9 Å². The van der Waals surface area contributed by atoms with Gasteiger partial charge in [-0.3, -0.25) is 14.4 Å². The van der Waals surface area contributed by atoms with Crippen molar-refractivity contribution in [3.05, 3.63) is 109 Å². The Balaban J connectivity index is 2.79. The SMILES string of the molecule is CC/C=C\C/C=C\C/C=C\C/C=C\C/C=C\CCCC(=O)OCC(COC1OC(C(=O)O)C(O)C(O)C1OC(=O)CCCCCCC/C=C\CCCC)OC(=O)CCCCC/C=C\C/C=C\C/C=C\CC. The van der Waals surface area contributed by atoms with Crippen LogP contribution in [0.5, 0.6) is 0 Å². The van der Waals surface area contributed by atoms with Gasteiger partial charge in [0, 0.05) is 19.3 Å². The first-order valence-corrected chi connectivity index (χ1v) is 26.9. The monoisotopic (exact) mass is 993 g/mol. The molecule has 0 saturated carbocycles. The van der Waals surface area contributed by atoms with Crippen molar-refractivity contribution in [2.75, 3.05) is 13.2 Å². The molecular formula is C59H92O12. The van der Waals surface area contributed by atoms with Crippen molar-refractivity contribution in [3.8, 4) is 0 Å². The molecule has 0 aromatic heterocycles. The third-order valence-corrected chi connectivity index (χ3v) is 11.3. The van der Waals surface area contributed by atoms with Crippen LogP contribution >= 0.6 is 0 Å². The fourth-order valence-electron chi connectivity index (χ4n) is 7.22. The van der Waals surface area contributed by atoms with Gasteiger partial charge in [0.2, 0.25) is 0 Å². The molecule has 71 heavy (non-hydrogen) atoms. The minimum atomic E-state index is -1.92. The maximum Gasteiger partial charge on any atom is 0.335 e. The molecular weight excluding hydrogens is 901 g/mol. The molecule has 12 nitrogen and oxygen atoms in total. The predicted octanol–water partition coefficient (Wildman–Crippen LogP) is 13.1. The van der Waals surface area contributed by atoms with Crippen LogP contribution < -0.4 is 0 Å². The van der Waals surface area contributed by atoms with Crippen molar-refractivity contribution in [1.82, 2.24) is 0 Å². The second-order valence-electron chi connectivity index (χ2n) is 17.7. The molecule has 0 aliphatic carbocycles. The normalized spacial score (nSPS) is 19.4. The molecule has 6 unspecified atom stereocenters. The fraction of sp³-hybridized carbons (Fsp3) is 0.627. The lowest BCUT2D eigenvalue weighted by atomic mass is 9.98. The number of allylic oxidation sites excluding steroid dienone is 18. The highest BCUT2D eigenvalue weighted by molar-refractivity contribution is 5.74. The molecule has 12 heteroatoms. The van der Waals surface area contributed by atoms with E-state index in [1.165, 1.54) is 12.8 Å². The van der Waals surface area contributed by atoms with E-state index >= 15 is 0 Å². The van der Waals surface area contributed by atoms with E-state index in [2.05, 4.69) is 118 Å². The van der Waals surface area contributed by atoms with Gasteiger partial charge < -0.3 is 39.0 Å². The highest BCUT2D eigenvalue weighted by Gasteiger charge is 2.50. The lowest BCUT2D eigenvalue weighted by Crippen LogP contribution is -2.61. The zero-order chi connectivity index (χ0) is 51.8. The number of carboxylic acid groups (broad SMARTS) is 1. The first-order valence-electron chi connectivity index (χ1n) is 26.9. The summed E-state index contributed by atoms with van der Waals surface area (Å²) < 4.78 is 28.2. The van der Waals surface area contributed by atoms with Gasteiger partial charge in [0.25, 0.3) is 0 Å². The quantitative estimate of drug-likeness (QED) is 0.0229. The van der Waals surface area contributed by atoms with Crippen LogP contribution in [0, 0.1) is 0 Å². The second-order valence-corrected chi connectivity index (χ2v) is 17.7. The van der Waals surface area contributed by atoms with Gasteiger partial charge in [-0.05, 0) is 109 Å². The summed E-state index contributed by atoms with van der Waals surface area (Å²) in [6, 6.07) is 0. The van der Waals surface area contributed by atoms with Gasteiger partial charge in [0.05, 0.1) is 6.61 Å². The van der Waals surface area contributed by atoms with Crippen LogP contribution in [0.25, 0.3) is 0 Å². The van der Waals surface area contributed by atoms with Gasteiger partial charge in [-0.1, -0.05) is 169 Å². The number of rotatable bonds is 43. The number of ether oxygens (including phenoxy) is 5. The zero-order valence-corrected chi connectivity index (χ0v) is 43.7. The number of carbonyl (C=O) groups excluding carboxylic acids is 3. The van der Waals surface area contributed by atoms with Gasteiger partial charge in [0.1, 0.15) is 18.8 Å². The number of aliphatic hydroxyl groups excluding tert-OH is 2. The molecule has 0 spiro atoms. The standard InChI is InChI=1S/C59H92O12/c1-4-7-10-13-16-19-22-24-25-26-27-29-31-33-36-39-42-45-51(60)67-48-50(69-52(61)46-43-40-37-35-32-28-23-20-17-14-11-8-5-2)49-68-59-57(55(64)54(63)56(71-59)58(65)66)70-53(62)47-44-41-38-34-30-21-18-15-12-9-6-3/h7-8,10-11,15-20,24-25,27-29,32-33,36,50,54-57,59,63-64H,4-6,9,12-14,21-23,26,30-31,34-35,37-49H2,1-3H3,(H,65,66)/b10-7-,11-8-,18-15-,19-16-,20-17-,25-24-,29-27-,32-28-,36-33-. The van der Waals surface area contributed by atoms with Crippen LogP contribution in [0.3, 0.4) is 0 Å². The number of unbranched alkanes of at least 4 members (excludes halogenated alkanes) is 11. The van der Waals surface area contributed by atoms with Gasteiger partial charge >= 0.3 is 23.9 Å². The minimum Gasteiger partial charge on any atom is -0.479 e. The number of aliphatic carboxylic acids is 1. The Kier molecular flexibility index (Phi) is 42.1. The summed E-state index contributed by atoms with van der Waals surface area (Å²) in [6.45, 7) is 5.60. The number of carboxylic acids is 1. The van der Waals surface area contributed by atoms with E-state index in [0.717, 1.165) is 109 Å². The maximum absolute atomic E-state index is 13.1. The molecule has 400 valence electrons. The Labute approximate surface area is 427 Å². The summed E-state index contributed by atoms with van der Waals surface area (Å²) in [4.78, 5) is 50.9. The van der Waals surface area contributed by atoms with Crippen molar-refractivity contribution < 1.29 is 58.2 Å². The van der Waals surface area contributed by atoms with E-state index in [1.807, 2.05) is 12.2 Å². The Morgan fingerprint density at radius 2 is 0.901 bits per heavy atom. The van der Waals surface area contributed by atoms with Crippen molar-refractivity contribution in [2.24, 2.45) is 0 Å². The Morgan fingerprint density at radius 1 is 0.479 bits per heavy atom. The molecule has 0 bridgehead atoms. The summed E-state index contributed by atoms with van der Waals surface area (Å²) in [5, 5.41) is 31.3. The Morgan fingerprint density at radius 3 is 1.42 bits per heavy atom. The Bertz CT molecular complexity index is 1650. The molecule has 1 heterocycles. The van der Waals surface area contributed by atoms with Gasteiger partial charge in [-0.25, -0.2) is 4.79 Å². The summed E-state index contributed by atoms with van der Waals surface area (Å²) >= 11 is 0. The third-order valence-electron chi connectivity index (χ3n) is 11.3. The lowest BCUT2D eigenvalue weighted by Gasteiger charge is -2.40. The van der Waals surface area contributed by atoms with E-state index in [9.17, 15) is 34.5 Å². The van der Waals surface area contributed by atoms with Crippen LogP contribution in [0.4, 0.5) is 0 Å². The number of hydrogen-bond donors (Lipinski definition) is 3. The molecule has 6 atom stereocenters. The molecule has 1 rings (SSSR count). The summed E-state index contributed by atoms with van der Waals surface area (Å²) in [7, 11) is 0. The molecule has 0 amide bonds. The van der Waals surface area contributed by atoms with E-state index in [4.69, 9.17) is 23.7 Å². The van der Waals surface area contributed by atoms with Gasteiger partial charge in [0.15, 0.2) is 24.6 Å². The van der Waals surface area contributed by atoms with Crippen LogP contribution in [0.1, 0.15) is 188 Å². The molecule has 0 radical (unpaired) electrons. The molecule has 0 aromatic rings. The van der Waals surface area contributed by atoms with Crippen molar-refractivity contribution in [3.63, 3.8) is 0 Å². The molecule has 1 aliphatic rings. The van der Waals surface area contributed by atoms with E-state index < -0.39 is 67.3 Å². The topological polar surface area (TPSA) is 175 Å². The van der Waals surface area contributed by atoms with Crippen molar-refractivity contribution >= 4 is 23.9 Å². The maximum atomic E-state index is 13.1. The number of carbonyl (C=O) groups is 4. The largest absolute Gasteiger partial charge is 0.479 e. The van der Waals surface area contributed by atoms with Crippen molar-refractivity contribution in [2.45, 2.75) is 225 Å². The lowest BCUT2D eigenvalue weighted by molar-refractivity contribution is -0.301. The summed E-state index contributed by atoms with van der Waals surface area (Å²) in [6.07, 6.45) is 49.5. The summed E-state index contributed by atoms with van der Waals surface area (Å²) in [5.41, 5.74) is 0. The average molecular weight is 993 g/mol. The van der Waals surface area contributed by atoms with Crippen molar-refractivity contribution in [1.29, 1.82) is 0 Å². The second kappa shape index (κ2) is 46.5. The van der Waals surface area contributed by atoms with Gasteiger partial charge in [-0.2, -0.15) is 0 Å². The van der Waals surface area contributed by atoms with Gasteiger partial charge in [-0.15, -0.1) is 0 Å². The molecule has 3 N–H and O–H groups in total. The fourth-order valence-corrected chi connectivity index (χ4v) is 7.22. The number of aliphatic hydroxyl groups is 2. The third kappa shape index (κ3) is 36.9. The summed E-state index contributed by atoms with van der Waals surface area (Å²) in [5.74, 6) is -3.27. The van der Waals surface area contributed by atoms with E-state index in [1.54, 1.807) is 0 Å². The number of hydrogen-bond acceptors (Lipinski definition) is 11. The van der Waals surface area contributed by atoms with Crippen LogP contribution in [0.2, 0.25) is 0 Å². The first kappa shape index (κ1) is 64.4. The highest BCUT2D eigenvalue weighted by Crippen LogP contribution is 2.26. The minimum absolute atomic E-state index is 0.0351. The smallest absolute Gasteiger partial charge is 0.335 e.